The molecule has 0 saturated carbocycles. The Labute approximate surface area is 103 Å². The molecule has 2 rings (SSSR count). The maximum absolute atomic E-state index is 10.7. The average molecular weight is 251 g/mol. The smallest absolute Gasteiger partial charge is 0.352 e. The first kappa shape index (κ1) is 11.5. The lowest BCUT2D eigenvalue weighted by Gasteiger charge is -2.04. The molecule has 1 aromatic carbocycles. The quantitative estimate of drug-likeness (QED) is 0.782. The lowest BCUT2D eigenvalue weighted by atomic mass is 10.2. The number of rotatable bonds is 4. The predicted octanol–water partition coefficient (Wildman–Crippen LogP) is 2.98. The van der Waals surface area contributed by atoms with E-state index in [1.54, 1.807) is 24.4 Å². The Kier molecular flexibility index (Phi) is 3.35. The van der Waals surface area contributed by atoms with E-state index in [1.807, 2.05) is 12.1 Å². The number of H-pyrrole nitrogens is 1. The zero-order chi connectivity index (χ0) is 12.3. The van der Waals surface area contributed by atoms with E-state index in [1.165, 1.54) is 0 Å². The van der Waals surface area contributed by atoms with E-state index >= 15 is 0 Å². The van der Waals surface area contributed by atoms with Gasteiger partial charge in [-0.1, -0.05) is 11.6 Å². The largest absolute Gasteiger partial charge is 0.477 e. The van der Waals surface area contributed by atoms with Gasteiger partial charge in [0.15, 0.2) is 0 Å². The SMILES string of the molecule is O=C(O)c1cc(CNc2ccc(Cl)cc2)c[nH]1. The maximum atomic E-state index is 10.7. The van der Waals surface area contributed by atoms with Gasteiger partial charge in [0.05, 0.1) is 0 Å². The Morgan fingerprint density at radius 3 is 2.65 bits per heavy atom. The van der Waals surface area contributed by atoms with E-state index in [-0.39, 0.29) is 5.69 Å². The van der Waals surface area contributed by atoms with Crippen LogP contribution in [0.1, 0.15) is 16.1 Å². The molecule has 2 aromatic rings. The molecule has 0 aliphatic carbocycles. The van der Waals surface area contributed by atoms with Crippen molar-refractivity contribution in [2.45, 2.75) is 6.54 Å². The summed E-state index contributed by atoms with van der Waals surface area (Å²) in [5, 5.41) is 12.6. The molecule has 17 heavy (non-hydrogen) atoms. The lowest BCUT2D eigenvalue weighted by Crippen LogP contribution is -1.98. The first-order valence-corrected chi connectivity index (χ1v) is 5.43. The molecule has 0 radical (unpaired) electrons. The number of benzene rings is 1. The summed E-state index contributed by atoms with van der Waals surface area (Å²) in [7, 11) is 0. The third kappa shape index (κ3) is 3.01. The minimum absolute atomic E-state index is 0.193. The highest BCUT2D eigenvalue weighted by molar-refractivity contribution is 6.30. The number of carbonyl (C=O) groups is 1. The number of anilines is 1. The van der Waals surface area contributed by atoms with E-state index < -0.39 is 5.97 Å². The second-order valence-electron chi connectivity index (χ2n) is 3.59. The molecule has 88 valence electrons. The molecule has 0 spiro atoms. The van der Waals surface area contributed by atoms with Gasteiger partial charge in [-0.3, -0.25) is 0 Å². The molecule has 3 N–H and O–H groups in total. The summed E-state index contributed by atoms with van der Waals surface area (Å²) in [4.78, 5) is 13.3. The van der Waals surface area contributed by atoms with Crippen molar-refractivity contribution in [2.75, 3.05) is 5.32 Å². The van der Waals surface area contributed by atoms with Gasteiger partial charge in [0.1, 0.15) is 5.69 Å². The zero-order valence-corrected chi connectivity index (χ0v) is 9.66. The van der Waals surface area contributed by atoms with Gasteiger partial charge in [0.2, 0.25) is 0 Å². The van der Waals surface area contributed by atoms with Gasteiger partial charge in [-0.25, -0.2) is 4.79 Å². The summed E-state index contributed by atoms with van der Waals surface area (Å²) in [5.41, 5.74) is 2.02. The third-order valence-corrected chi connectivity index (χ3v) is 2.57. The van der Waals surface area contributed by atoms with E-state index in [9.17, 15) is 4.79 Å². The zero-order valence-electron chi connectivity index (χ0n) is 8.90. The van der Waals surface area contributed by atoms with Crippen molar-refractivity contribution < 1.29 is 9.90 Å². The van der Waals surface area contributed by atoms with Crippen molar-refractivity contribution in [3.63, 3.8) is 0 Å². The monoisotopic (exact) mass is 250 g/mol. The van der Waals surface area contributed by atoms with E-state index in [2.05, 4.69) is 10.3 Å². The molecular weight excluding hydrogens is 240 g/mol. The summed E-state index contributed by atoms with van der Waals surface area (Å²) in [6.45, 7) is 0.561. The highest BCUT2D eigenvalue weighted by Gasteiger charge is 2.05. The van der Waals surface area contributed by atoms with Crippen LogP contribution in [0.3, 0.4) is 0 Å². The number of hydrogen-bond donors (Lipinski definition) is 3. The second-order valence-corrected chi connectivity index (χ2v) is 4.02. The topological polar surface area (TPSA) is 65.1 Å². The Balaban J connectivity index is 1.97. The van der Waals surface area contributed by atoms with Crippen LogP contribution in [-0.4, -0.2) is 16.1 Å². The molecule has 0 atom stereocenters. The van der Waals surface area contributed by atoms with Gasteiger partial charge in [-0.15, -0.1) is 0 Å². The highest BCUT2D eigenvalue weighted by Crippen LogP contribution is 2.14. The Hall–Kier alpha value is -1.94. The summed E-state index contributed by atoms with van der Waals surface area (Å²) in [6, 6.07) is 8.93. The molecular formula is C12H11ClN2O2. The van der Waals surface area contributed by atoms with Crippen LogP contribution in [0.2, 0.25) is 5.02 Å². The van der Waals surface area contributed by atoms with E-state index in [4.69, 9.17) is 16.7 Å². The Morgan fingerprint density at radius 2 is 2.06 bits per heavy atom. The van der Waals surface area contributed by atoms with Gasteiger partial charge < -0.3 is 15.4 Å². The molecule has 1 aromatic heterocycles. The number of carboxylic acids is 1. The van der Waals surface area contributed by atoms with Crippen LogP contribution in [0, 0.1) is 0 Å². The average Bonchev–Trinajstić information content (AvgIpc) is 2.77. The minimum atomic E-state index is -0.956. The maximum Gasteiger partial charge on any atom is 0.352 e. The number of halogens is 1. The molecule has 0 aliphatic heterocycles. The standard InChI is InChI=1S/C12H11ClN2O2/c13-9-1-3-10(4-2-9)14-6-8-5-11(12(16)17)15-7-8/h1-5,7,14-15H,6H2,(H,16,17). The van der Waals surface area contributed by atoms with Crippen LogP contribution in [-0.2, 0) is 6.54 Å². The van der Waals surface area contributed by atoms with Gasteiger partial charge in [0, 0.05) is 23.5 Å². The third-order valence-electron chi connectivity index (χ3n) is 2.31. The lowest BCUT2D eigenvalue weighted by molar-refractivity contribution is 0.0691. The summed E-state index contributed by atoms with van der Waals surface area (Å²) in [5.74, 6) is -0.956. The fourth-order valence-electron chi connectivity index (χ4n) is 1.44. The van der Waals surface area contributed by atoms with Crippen molar-refractivity contribution in [1.82, 2.24) is 4.98 Å². The van der Waals surface area contributed by atoms with Crippen molar-refractivity contribution in [3.05, 3.63) is 52.8 Å². The van der Waals surface area contributed by atoms with Crippen LogP contribution >= 0.6 is 11.6 Å². The van der Waals surface area contributed by atoms with Crippen molar-refractivity contribution >= 4 is 23.3 Å². The van der Waals surface area contributed by atoms with Crippen LogP contribution in [0.5, 0.6) is 0 Å². The molecule has 4 nitrogen and oxygen atoms in total. The normalized spacial score (nSPS) is 10.2. The fourth-order valence-corrected chi connectivity index (χ4v) is 1.56. The molecule has 0 bridgehead atoms. The van der Waals surface area contributed by atoms with Crippen molar-refractivity contribution in [3.8, 4) is 0 Å². The second kappa shape index (κ2) is 4.93. The van der Waals surface area contributed by atoms with Crippen LogP contribution in [0.25, 0.3) is 0 Å². The number of nitrogens with one attached hydrogen (secondary N) is 2. The number of aromatic amines is 1. The molecule has 0 amide bonds. The minimum Gasteiger partial charge on any atom is -0.477 e. The van der Waals surface area contributed by atoms with Crippen molar-refractivity contribution in [2.24, 2.45) is 0 Å². The molecule has 0 unspecified atom stereocenters. The van der Waals surface area contributed by atoms with Gasteiger partial charge in [0.25, 0.3) is 0 Å². The Morgan fingerprint density at radius 1 is 1.35 bits per heavy atom. The number of carboxylic acid groups (broad SMARTS) is 1. The predicted molar refractivity (Wildman–Crippen MR) is 66.5 cm³/mol. The van der Waals surface area contributed by atoms with Gasteiger partial charge in [-0.2, -0.15) is 0 Å². The van der Waals surface area contributed by atoms with Crippen molar-refractivity contribution in [1.29, 1.82) is 0 Å². The number of aromatic nitrogens is 1. The van der Waals surface area contributed by atoms with Gasteiger partial charge >= 0.3 is 5.97 Å². The molecule has 5 heteroatoms. The van der Waals surface area contributed by atoms with Crippen LogP contribution in [0.4, 0.5) is 5.69 Å². The van der Waals surface area contributed by atoms with Crippen LogP contribution < -0.4 is 5.32 Å². The van der Waals surface area contributed by atoms with Crippen LogP contribution in [0.15, 0.2) is 36.5 Å². The summed E-state index contributed by atoms with van der Waals surface area (Å²) in [6.07, 6.45) is 1.67. The van der Waals surface area contributed by atoms with E-state index in [0.717, 1.165) is 11.3 Å². The molecule has 0 fully saturated rings. The number of aromatic carboxylic acids is 1. The Bertz CT molecular complexity index is 520. The summed E-state index contributed by atoms with van der Waals surface area (Å²) >= 11 is 5.77. The first-order chi connectivity index (χ1) is 8.15. The first-order valence-electron chi connectivity index (χ1n) is 5.05. The molecule has 1 heterocycles. The fraction of sp³-hybridized carbons (Fsp3) is 0.0833. The highest BCUT2D eigenvalue weighted by atomic mass is 35.5. The molecule has 0 aliphatic rings. The van der Waals surface area contributed by atoms with E-state index in [0.29, 0.717) is 11.6 Å². The number of hydrogen-bond acceptors (Lipinski definition) is 2. The summed E-state index contributed by atoms with van der Waals surface area (Å²) < 4.78 is 0. The molecule has 0 saturated heterocycles. The van der Waals surface area contributed by atoms with Gasteiger partial charge in [-0.05, 0) is 35.9 Å².